The standard InChI is InChI=1S/C30H40N4O2/c1-20-5-8-24(23-9-11-34(12-10-23)19-22-6-7-22)16-29(20)30(35)33-21(2)25-13-26(15-28(14-25)36-4)27(17-31)18-32-3/h5,8,13-18,21-23H,6-7,9-12,19,31H2,1-4H3,(H,33,35)/t21-/m1/s1. The van der Waals surface area contributed by atoms with E-state index in [1.807, 2.05) is 32.0 Å². The molecule has 2 aromatic rings. The van der Waals surface area contributed by atoms with Crippen molar-refractivity contribution >= 4 is 17.7 Å². The van der Waals surface area contributed by atoms with Crippen LogP contribution in [0.4, 0.5) is 0 Å². The second-order valence-electron chi connectivity index (χ2n) is 10.3. The van der Waals surface area contributed by atoms with Gasteiger partial charge in [0.15, 0.2) is 0 Å². The summed E-state index contributed by atoms with van der Waals surface area (Å²) in [5, 5.41) is 3.20. The van der Waals surface area contributed by atoms with Crippen LogP contribution in [0.2, 0.25) is 0 Å². The number of aryl methyl sites for hydroxylation is 1. The van der Waals surface area contributed by atoms with E-state index in [0.717, 1.165) is 59.7 Å². The van der Waals surface area contributed by atoms with Crippen LogP contribution in [0.3, 0.4) is 0 Å². The van der Waals surface area contributed by atoms with Crippen LogP contribution in [0.25, 0.3) is 5.57 Å². The summed E-state index contributed by atoms with van der Waals surface area (Å²) in [4.78, 5) is 20.1. The number of amides is 1. The maximum atomic E-state index is 13.4. The average molecular weight is 489 g/mol. The van der Waals surface area contributed by atoms with Crippen LogP contribution in [0.1, 0.15) is 77.2 Å². The molecular weight excluding hydrogens is 448 g/mol. The maximum absolute atomic E-state index is 13.4. The lowest BCUT2D eigenvalue weighted by atomic mass is 9.87. The van der Waals surface area contributed by atoms with Gasteiger partial charge in [0.05, 0.1) is 13.2 Å². The number of benzene rings is 2. The molecule has 1 heterocycles. The summed E-state index contributed by atoms with van der Waals surface area (Å²) < 4.78 is 5.51. The second kappa shape index (κ2) is 11.7. The number of ether oxygens (including phenoxy) is 1. The lowest BCUT2D eigenvalue weighted by Gasteiger charge is -2.32. The van der Waals surface area contributed by atoms with Crippen LogP contribution in [-0.4, -0.2) is 50.8 Å². The Hall–Kier alpha value is -3.12. The van der Waals surface area contributed by atoms with Crippen molar-refractivity contribution in [3.63, 3.8) is 0 Å². The van der Waals surface area contributed by atoms with Crippen LogP contribution >= 0.6 is 0 Å². The molecule has 36 heavy (non-hydrogen) atoms. The highest BCUT2D eigenvalue weighted by Crippen LogP contribution is 2.34. The first-order valence-corrected chi connectivity index (χ1v) is 13.1. The van der Waals surface area contributed by atoms with Crippen LogP contribution < -0.4 is 15.8 Å². The SMILES string of the molecule is CN=CC(=CN)c1cc(OC)cc([C@@H](C)NC(=O)c2cc(C3CCN(CC4CC4)CC3)ccc2C)c1. The van der Waals surface area contributed by atoms with Gasteiger partial charge in [0, 0.05) is 37.1 Å². The summed E-state index contributed by atoms with van der Waals surface area (Å²) in [7, 11) is 3.35. The molecule has 192 valence electrons. The first-order valence-electron chi connectivity index (χ1n) is 13.1. The molecule has 3 N–H and O–H groups in total. The van der Waals surface area contributed by atoms with Gasteiger partial charge in [-0.25, -0.2) is 0 Å². The number of aliphatic imine (C=N–C) groups is 1. The zero-order valence-electron chi connectivity index (χ0n) is 22.1. The molecule has 6 heteroatoms. The van der Waals surface area contributed by atoms with Gasteiger partial charge in [-0.1, -0.05) is 12.1 Å². The van der Waals surface area contributed by atoms with E-state index in [0.29, 0.717) is 11.7 Å². The largest absolute Gasteiger partial charge is 0.497 e. The molecule has 0 radical (unpaired) electrons. The number of hydrogen-bond acceptors (Lipinski definition) is 5. The molecule has 1 saturated carbocycles. The number of allylic oxidation sites excluding steroid dienone is 1. The van der Waals surface area contributed by atoms with Gasteiger partial charge in [0.2, 0.25) is 0 Å². The lowest BCUT2D eigenvalue weighted by molar-refractivity contribution is 0.0939. The smallest absolute Gasteiger partial charge is 0.252 e. The Balaban J connectivity index is 1.47. The van der Waals surface area contributed by atoms with E-state index in [9.17, 15) is 4.79 Å². The van der Waals surface area contributed by atoms with E-state index < -0.39 is 0 Å². The monoisotopic (exact) mass is 488 g/mol. The van der Waals surface area contributed by atoms with Gasteiger partial charge in [0.25, 0.3) is 5.91 Å². The molecule has 4 rings (SSSR count). The minimum absolute atomic E-state index is 0.0536. The van der Waals surface area contributed by atoms with Crippen LogP contribution in [0.15, 0.2) is 47.6 Å². The summed E-state index contributed by atoms with van der Waals surface area (Å²) in [5.74, 6) is 2.12. The third-order valence-corrected chi connectivity index (χ3v) is 7.57. The summed E-state index contributed by atoms with van der Waals surface area (Å²) >= 11 is 0. The predicted octanol–water partition coefficient (Wildman–Crippen LogP) is 5.08. The minimum atomic E-state index is -0.211. The van der Waals surface area contributed by atoms with Crippen molar-refractivity contribution < 1.29 is 9.53 Å². The van der Waals surface area contributed by atoms with Crippen molar-refractivity contribution in [3.8, 4) is 5.75 Å². The van der Waals surface area contributed by atoms with Gasteiger partial charge < -0.3 is 20.7 Å². The van der Waals surface area contributed by atoms with Crippen molar-refractivity contribution in [3.05, 3.63) is 70.4 Å². The fourth-order valence-electron chi connectivity index (χ4n) is 5.12. The third kappa shape index (κ3) is 6.35. The Morgan fingerprint density at radius 2 is 1.94 bits per heavy atom. The maximum Gasteiger partial charge on any atom is 0.252 e. The molecule has 0 aromatic heterocycles. The fourth-order valence-corrected chi connectivity index (χ4v) is 5.12. The van der Waals surface area contributed by atoms with Gasteiger partial charge in [-0.05, 0) is 111 Å². The Bertz CT molecular complexity index is 1130. The Morgan fingerprint density at radius 1 is 1.19 bits per heavy atom. The number of nitrogens with two attached hydrogens (primary N) is 1. The minimum Gasteiger partial charge on any atom is -0.497 e. The van der Waals surface area contributed by atoms with Gasteiger partial charge >= 0.3 is 0 Å². The molecule has 1 aliphatic heterocycles. The predicted molar refractivity (Wildman–Crippen MR) is 148 cm³/mol. The number of likely N-dealkylation sites (tertiary alicyclic amines) is 1. The number of rotatable bonds is 9. The fraction of sp³-hybridized carbons (Fsp3) is 0.467. The molecule has 2 fully saturated rings. The third-order valence-electron chi connectivity index (χ3n) is 7.57. The number of carbonyl (C=O) groups excluding carboxylic acids is 1. The molecule has 1 atom stereocenters. The molecule has 1 aliphatic carbocycles. The van der Waals surface area contributed by atoms with E-state index in [1.54, 1.807) is 20.4 Å². The highest BCUT2D eigenvalue weighted by molar-refractivity contribution is 6.09. The van der Waals surface area contributed by atoms with Crippen molar-refractivity contribution in [2.75, 3.05) is 33.8 Å². The first kappa shape index (κ1) is 26.0. The highest BCUT2D eigenvalue weighted by Gasteiger charge is 2.28. The van der Waals surface area contributed by atoms with Gasteiger partial charge in [-0.15, -0.1) is 0 Å². The molecule has 0 bridgehead atoms. The van der Waals surface area contributed by atoms with Crippen molar-refractivity contribution in [1.82, 2.24) is 10.2 Å². The highest BCUT2D eigenvalue weighted by atomic mass is 16.5. The Kier molecular flexibility index (Phi) is 8.47. The number of piperidine rings is 1. The number of nitrogens with one attached hydrogen (secondary N) is 1. The quantitative estimate of drug-likeness (QED) is 0.482. The average Bonchev–Trinajstić information content (AvgIpc) is 3.71. The zero-order chi connectivity index (χ0) is 25.7. The normalized spacial score (nSPS) is 18.4. The number of methoxy groups -OCH3 is 1. The molecular formula is C30H40N4O2. The lowest BCUT2D eigenvalue weighted by Crippen LogP contribution is -2.34. The van der Waals surface area contributed by atoms with Crippen LogP contribution in [0, 0.1) is 12.8 Å². The number of nitrogens with zero attached hydrogens (tertiary/aromatic N) is 2. The van der Waals surface area contributed by atoms with E-state index in [1.165, 1.54) is 31.1 Å². The second-order valence-corrected chi connectivity index (χ2v) is 10.3. The van der Waals surface area contributed by atoms with Crippen molar-refractivity contribution in [2.45, 2.75) is 51.5 Å². The molecule has 0 spiro atoms. The van der Waals surface area contributed by atoms with Crippen molar-refractivity contribution in [1.29, 1.82) is 0 Å². The molecule has 0 unspecified atom stereocenters. The molecule has 6 nitrogen and oxygen atoms in total. The molecule has 1 saturated heterocycles. The first-order chi connectivity index (χ1) is 17.4. The number of hydrogen-bond donors (Lipinski definition) is 2. The van der Waals surface area contributed by atoms with Gasteiger partial charge in [0.1, 0.15) is 5.75 Å². The topological polar surface area (TPSA) is 80.0 Å². The van der Waals surface area contributed by atoms with E-state index in [-0.39, 0.29) is 11.9 Å². The van der Waals surface area contributed by atoms with Crippen molar-refractivity contribution in [2.24, 2.45) is 16.6 Å². The van der Waals surface area contributed by atoms with Crippen LogP contribution in [0.5, 0.6) is 5.75 Å². The number of carbonyl (C=O) groups is 1. The summed E-state index contributed by atoms with van der Waals surface area (Å²) in [6, 6.07) is 12.1. The molecule has 1 amide bonds. The Morgan fingerprint density at radius 3 is 2.58 bits per heavy atom. The van der Waals surface area contributed by atoms with Crippen LogP contribution in [-0.2, 0) is 0 Å². The molecule has 2 aliphatic rings. The van der Waals surface area contributed by atoms with E-state index in [2.05, 4.69) is 33.4 Å². The van der Waals surface area contributed by atoms with E-state index in [4.69, 9.17) is 10.5 Å². The summed E-state index contributed by atoms with van der Waals surface area (Å²) in [5.41, 5.74) is 11.5. The van der Waals surface area contributed by atoms with Gasteiger partial charge in [-0.2, -0.15) is 0 Å². The summed E-state index contributed by atoms with van der Waals surface area (Å²) in [6.07, 6.45) is 8.39. The molecule has 2 aromatic carbocycles. The van der Waals surface area contributed by atoms with E-state index >= 15 is 0 Å². The summed E-state index contributed by atoms with van der Waals surface area (Å²) in [6.45, 7) is 7.59. The van der Waals surface area contributed by atoms with Gasteiger partial charge in [-0.3, -0.25) is 9.79 Å². The Labute approximate surface area is 215 Å². The zero-order valence-corrected chi connectivity index (χ0v) is 22.1.